The Morgan fingerprint density at radius 1 is 0.510 bits per heavy atom. The molecular weight excluding hydrogens is 629 g/mol. The number of hydrogen-bond donors (Lipinski definition) is 0. The fourth-order valence-corrected chi connectivity index (χ4v) is 8.15. The van der Waals surface area contributed by atoms with Crippen LogP contribution in [0.5, 0.6) is 11.5 Å². The van der Waals surface area contributed by atoms with Crippen LogP contribution in [0.15, 0.2) is 134 Å². The fraction of sp³-hybridized carbons (Fsp3) is 0.0455. The van der Waals surface area contributed by atoms with E-state index < -0.39 is 0 Å². The topological polar surface area (TPSA) is 69.6 Å². The van der Waals surface area contributed by atoms with E-state index in [0.29, 0.717) is 5.75 Å². The molecule has 0 radical (unpaired) electrons. The minimum absolute atomic E-state index is 0.716. The summed E-state index contributed by atoms with van der Waals surface area (Å²) in [5.74, 6) is 1.45. The Kier molecular flexibility index (Phi) is 5.67. The number of para-hydroxylation sites is 4. The Morgan fingerprint density at radius 2 is 1.12 bits per heavy atom. The van der Waals surface area contributed by atoms with Gasteiger partial charge >= 0.3 is 0 Å². The van der Waals surface area contributed by atoms with Gasteiger partial charge in [-0.05, 0) is 114 Å². The Balaban J connectivity index is 1.16. The van der Waals surface area contributed by atoms with E-state index in [9.17, 15) is 0 Å². The van der Waals surface area contributed by atoms with Crippen molar-refractivity contribution in [3.8, 4) is 22.6 Å². The van der Waals surface area contributed by atoms with Crippen molar-refractivity contribution >= 4 is 76.8 Å². The van der Waals surface area contributed by atoms with Crippen molar-refractivity contribution in [2.75, 3.05) is 0 Å². The minimum Gasteiger partial charge on any atom is -0.457 e. The van der Waals surface area contributed by atoms with Gasteiger partial charge in [0.15, 0.2) is 0 Å². The number of pyridine rings is 2. The third-order valence-electron chi connectivity index (χ3n) is 10.3. The van der Waals surface area contributed by atoms with Crippen molar-refractivity contribution < 1.29 is 4.74 Å². The molecule has 0 bridgehead atoms. The molecule has 0 unspecified atom stereocenters. The van der Waals surface area contributed by atoms with Crippen LogP contribution in [0.25, 0.3) is 88.0 Å². The molecule has 0 saturated heterocycles. The lowest BCUT2D eigenvalue weighted by Crippen LogP contribution is -1.96. The summed E-state index contributed by atoms with van der Waals surface area (Å²) in [6.07, 6.45) is 3.47. The van der Waals surface area contributed by atoms with E-state index in [2.05, 4.69) is 124 Å². The van der Waals surface area contributed by atoms with Gasteiger partial charge in [0.05, 0.1) is 27.6 Å². The lowest BCUT2D eigenvalue weighted by atomic mass is 9.91. The van der Waals surface area contributed by atoms with E-state index in [1.54, 1.807) is 6.33 Å². The summed E-state index contributed by atoms with van der Waals surface area (Å²) in [6.45, 7) is 4.39. The summed E-state index contributed by atoms with van der Waals surface area (Å²) >= 11 is 0. The molecule has 0 aliphatic heterocycles. The Labute approximate surface area is 291 Å². The van der Waals surface area contributed by atoms with Crippen molar-refractivity contribution in [1.82, 2.24) is 28.7 Å². The highest BCUT2D eigenvalue weighted by Gasteiger charge is 2.20. The number of aromatic nitrogens is 6. The smallest absolute Gasteiger partial charge is 0.150 e. The third-order valence-corrected chi connectivity index (χ3v) is 10.3. The second kappa shape index (κ2) is 10.3. The van der Waals surface area contributed by atoms with Crippen LogP contribution in [0, 0.1) is 13.8 Å². The van der Waals surface area contributed by atoms with Crippen LogP contribution in [-0.4, -0.2) is 28.7 Å². The number of nitrogens with zero attached hydrogens (tertiary/aromatic N) is 6. The molecule has 51 heavy (non-hydrogen) atoms. The van der Waals surface area contributed by atoms with E-state index in [0.717, 1.165) is 77.2 Å². The van der Waals surface area contributed by atoms with Crippen molar-refractivity contribution in [1.29, 1.82) is 0 Å². The van der Waals surface area contributed by atoms with Crippen LogP contribution in [0.2, 0.25) is 0 Å². The zero-order chi connectivity index (χ0) is 33.8. The summed E-state index contributed by atoms with van der Waals surface area (Å²) in [5.41, 5.74) is 12.6. The van der Waals surface area contributed by atoms with Crippen LogP contribution in [0.4, 0.5) is 0 Å². The largest absolute Gasteiger partial charge is 0.457 e. The van der Waals surface area contributed by atoms with Gasteiger partial charge < -0.3 is 4.74 Å². The van der Waals surface area contributed by atoms with Gasteiger partial charge in [0.25, 0.3) is 0 Å². The quantitative estimate of drug-likeness (QED) is 0.177. The molecule has 0 atom stereocenters. The first-order valence-corrected chi connectivity index (χ1v) is 17.0. The second-order valence-corrected chi connectivity index (χ2v) is 13.3. The highest BCUT2D eigenvalue weighted by atomic mass is 16.5. The Bertz CT molecular complexity index is 3250. The maximum absolute atomic E-state index is 6.71. The van der Waals surface area contributed by atoms with Gasteiger partial charge in [-0.15, -0.1) is 0 Å². The van der Waals surface area contributed by atoms with Gasteiger partial charge in [-0.1, -0.05) is 54.6 Å². The molecule has 0 aliphatic carbocycles. The first-order chi connectivity index (χ1) is 25.1. The van der Waals surface area contributed by atoms with Crippen molar-refractivity contribution in [3.63, 3.8) is 0 Å². The number of rotatable bonds is 3. The fourth-order valence-electron chi connectivity index (χ4n) is 8.15. The second-order valence-electron chi connectivity index (χ2n) is 13.3. The van der Waals surface area contributed by atoms with E-state index in [1.807, 2.05) is 36.5 Å². The molecular formula is C44H28N6O. The highest BCUT2D eigenvalue weighted by molar-refractivity contribution is 6.19. The number of fused-ring (bicyclic) bond motifs is 16. The lowest BCUT2D eigenvalue weighted by Gasteiger charge is -2.17. The average Bonchev–Trinajstić information content (AvgIpc) is 3.75. The molecule has 11 aromatic rings. The third kappa shape index (κ3) is 3.94. The zero-order valence-electron chi connectivity index (χ0n) is 27.8. The number of ether oxygens (including phenoxy) is 1. The zero-order valence-corrected chi connectivity index (χ0v) is 27.8. The first kappa shape index (κ1) is 28.0. The molecule has 7 heteroatoms. The van der Waals surface area contributed by atoms with E-state index >= 15 is 0 Å². The number of aryl methyl sites for hydroxylation is 2. The van der Waals surface area contributed by atoms with Gasteiger partial charge in [-0.2, -0.15) is 0 Å². The van der Waals surface area contributed by atoms with Crippen molar-refractivity contribution in [3.05, 3.63) is 145 Å². The molecule has 0 N–H and O–H groups in total. The summed E-state index contributed by atoms with van der Waals surface area (Å²) < 4.78 is 11.1. The summed E-state index contributed by atoms with van der Waals surface area (Å²) in [6, 6.07) is 42.2. The van der Waals surface area contributed by atoms with Crippen LogP contribution < -0.4 is 4.74 Å². The number of hydrogen-bond acceptors (Lipinski definition) is 5. The number of benzene rings is 6. The van der Waals surface area contributed by atoms with Crippen LogP contribution in [0.3, 0.4) is 0 Å². The molecule has 7 nitrogen and oxygen atoms in total. The van der Waals surface area contributed by atoms with E-state index in [1.165, 1.54) is 27.6 Å². The Morgan fingerprint density at radius 3 is 1.86 bits per heavy atom. The van der Waals surface area contributed by atoms with Gasteiger partial charge in [0.1, 0.15) is 34.8 Å². The first-order valence-electron chi connectivity index (χ1n) is 17.0. The van der Waals surface area contributed by atoms with E-state index in [4.69, 9.17) is 14.7 Å². The average molecular weight is 657 g/mol. The normalized spacial score (nSPS) is 12.1. The molecule has 11 rings (SSSR count). The molecule has 0 spiro atoms. The SMILES string of the molecule is Cc1cccc(C)c1-c1cccc2c1c1ccc(Oc3ccc4c5cncnc5n5c6ccccc6nc5c4c3)cc1c1nc3ccccc3n21. The minimum atomic E-state index is 0.716. The molecule has 0 amide bonds. The van der Waals surface area contributed by atoms with E-state index in [-0.39, 0.29) is 0 Å². The Hall–Kier alpha value is -6.86. The maximum Gasteiger partial charge on any atom is 0.150 e. The predicted octanol–water partition coefficient (Wildman–Crippen LogP) is 10.8. The van der Waals surface area contributed by atoms with Gasteiger partial charge in [0.2, 0.25) is 0 Å². The summed E-state index contributed by atoms with van der Waals surface area (Å²) in [5, 5.41) is 6.31. The number of imidazole rings is 2. The lowest BCUT2D eigenvalue weighted by molar-refractivity contribution is 0.484. The van der Waals surface area contributed by atoms with Gasteiger partial charge in [-0.25, -0.2) is 19.9 Å². The molecule has 5 heterocycles. The standard InChI is InChI=1S/C44H28N6O/c1-25-9-7-10-26(2)40(25)31-11-8-16-39-41(31)30-20-18-28(22-33(30)43-47-35-12-3-5-14-37(35)49(39)43)51-27-17-19-29-32(21-27)44-48-36-13-4-6-15-38(36)50(44)42-34(29)23-45-24-46-42/h3-24H,1-2H3. The van der Waals surface area contributed by atoms with Gasteiger partial charge in [0, 0.05) is 27.7 Å². The summed E-state index contributed by atoms with van der Waals surface area (Å²) in [7, 11) is 0. The van der Waals surface area contributed by atoms with Crippen LogP contribution in [0.1, 0.15) is 11.1 Å². The molecule has 0 saturated carbocycles. The molecule has 0 fully saturated rings. The highest BCUT2D eigenvalue weighted by Crippen LogP contribution is 2.42. The summed E-state index contributed by atoms with van der Waals surface area (Å²) in [4.78, 5) is 19.3. The van der Waals surface area contributed by atoms with Crippen molar-refractivity contribution in [2.45, 2.75) is 13.8 Å². The monoisotopic (exact) mass is 656 g/mol. The van der Waals surface area contributed by atoms with Crippen molar-refractivity contribution in [2.24, 2.45) is 0 Å². The molecule has 0 aliphatic rings. The molecule has 5 aromatic heterocycles. The van der Waals surface area contributed by atoms with Crippen LogP contribution >= 0.6 is 0 Å². The maximum atomic E-state index is 6.71. The molecule has 6 aromatic carbocycles. The predicted molar refractivity (Wildman–Crippen MR) is 206 cm³/mol. The van der Waals surface area contributed by atoms with Crippen LogP contribution in [-0.2, 0) is 0 Å². The molecule has 240 valence electrons. The van der Waals surface area contributed by atoms with Gasteiger partial charge in [-0.3, -0.25) is 8.80 Å².